The molecule has 1 saturated heterocycles. The highest BCUT2D eigenvalue weighted by atomic mass is 16.7. The SMILES string of the molecule is NC(=O)c1cnc(NC2CCCCC2NC(=O)O[C@@H]2OC(C(=O)O)[C@@H](O)[C@H](O)[C@H]2O)nc1Nc1cccc(-n2nccn2)c1. The lowest BCUT2D eigenvalue weighted by Crippen LogP contribution is -2.61. The third-order valence-corrected chi connectivity index (χ3v) is 7.23. The number of nitrogens with one attached hydrogen (secondary N) is 3. The Morgan fingerprint density at radius 2 is 1.75 bits per heavy atom. The summed E-state index contributed by atoms with van der Waals surface area (Å²) in [6.07, 6.45) is -3.45. The van der Waals surface area contributed by atoms with Crippen LogP contribution >= 0.6 is 0 Å². The largest absolute Gasteiger partial charge is 0.479 e. The fraction of sp³-hybridized carbons (Fsp3) is 0.423. The van der Waals surface area contributed by atoms with Crippen LogP contribution in [0.5, 0.6) is 0 Å². The van der Waals surface area contributed by atoms with Crippen LogP contribution in [0.1, 0.15) is 36.0 Å². The van der Waals surface area contributed by atoms with Crippen LogP contribution in [0.4, 0.5) is 22.2 Å². The molecule has 2 aromatic heterocycles. The lowest BCUT2D eigenvalue weighted by atomic mass is 9.90. The summed E-state index contributed by atoms with van der Waals surface area (Å²) in [6, 6.07) is 6.16. The molecule has 3 aromatic rings. The molecule has 3 heterocycles. The van der Waals surface area contributed by atoms with Gasteiger partial charge in [0.05, 0.1) is 24.1 Å². The molecule has 0 radical (unpaired) electrons. The Hall–Kier alpha value is -4.91. The molecule has 1 saturated carbocycles. The van der Waals surface area contributed by atoms with Crippen LogP contribution in [0.15, 0.2) is 42.9 Å². The number of amides is 2. The van der Waals surface area contributed by atoms with E-state index in [0.717, 1.165) is 12.8 Å². The number of aliphatic carboxylic acids is 1. The zero-order chi connectivity index (χ0) is 31.4. The number of carbonyl (C=O) groups is 3. The van der Waals surface area contributed by atoms with E-state index >= 15 is 0 Å². The van der Waals surface area contributed by atoms with Crippen LogP contribution in [0.25, 0.3) is 5.69 Å². The van der Waals surface area contributed by atoms with Crippen molar-refractivity contribution in [3.8, 4) is 5.69 Å². The van der Waals surface area contributed by atoms with Gasteiger partial charge in [-0.3, -0.25) is 4.79 Å². The lowest BCUT2D eigenvalue weighted by Gasteiger charge is -2.38. The topological polar surface area (TPSA) is 269 Å². The van der Waals surface area contributed by atoms with E-state index in [9.17, 15) is 34.8 Å². The maximum absolute atomic E-state index is 12.7. The van der Waals surface area contributed by atoms with Crippen molar-refractivity contribution in [3.05, 3.63) is 48.4 Å². The molecule has 5 rings (SSSR count). The molecule has 7 atom stereocenters. The van der Waals surface area contributed by atoms with Crippen molar-refractivity contribution < 1.29 is 44.3 Å². The number of anilines is 3. The molecule has 0 bridgehead atoms. The first-order chi connectivity index (χ1) is 21.1. The Kier molecular flexibility index (Phi) is 9.14. The van der Waals surface area contributed by atoms with Crippen LogP contribution in [-0.2, 0) is 14.3 Å². The van der Waals surface area contributed by atoms with Crippen LogP contribution in [0.3, 0.4) is 0 Å². The second-order valence-electron chi connectivity index (χ2n) is 10.2. The van der Waals surface area contributed by atoms with Gasteiger partial charge in [-0.05, 0) is 31.0 Å². The van der Waals surface area contributed by atoms with E-state index in [1.807, 2.05) is 0 Å². The molecule has 2 fully saturated rings. The van der Waals surface area contributed by atoms with Gasteiger partial charge in [0.2, 0.25) is 12.2 Å². The number of primary amides is 1. The van der Waals surface area contributed by atoms with Crippen molar-refractivity contribution in [2.75, 3.05) is 10.6 Å². The van der Waals surface area contributed by atoms with Crippen molar-refractivity contribution in [1.82, 2.24) is 30.3 Å². The van der Waals surface area contributed by atoms with E-state index in [1.165, 1.54) is 23.4 Å². The smallest absolute Gasteiger partial charge is 0.409 e. The summed E-state index contributed by atoms with van der Waals surface area (Å²) in [5.74, 6) is -2.08. The fourth-order valence-electron chi connectivity index (χ4n) is 5.00. The Bertz CT molecular complexity index is 1490. The molecular formula is C26H31N9O9. The molecule has 0 spiro atoms. The zero-order valence-corrected chi connectivity index (χ0v) is 23.1. The molecule has 9 N–H and O–H groups in total. The van der Waals surface area contributed by atoms with Crippen molar-refractivity contribution in [2.24, 2.45) is 5.73 Å². The molecule has 18 heteroatoms. The molecule has 1 aromatic carbocycles. The van der Waals surface area contributed by atoms with Gasteiger partial charge in [-0.15, -0.1) is 0 Å². The summed E-state index contributed by atoms with van der Waals surface area (Å²) in [5.41, 5.74) is 6.83. The average Bonchev–Trinajstić information content (AvgIpc) is 3.54. The van der Waals surface area contributed by atoms with Crippen LogP contribution < -0.4 is 21.7 Å². The highest BCUT2D eigenvalue weighted by Gasteiger charge is 2.48. The highest BCUT2D eigenvalue weighted by Crippen LogP contribution is 2.26. The third kappa shape index (κ3) is 6.83. The van der Waals surface area contributed by atoms with Gasteiger partial charge in [0.25, 0.3) is 5.91 Å². The maximum atomic E-state index is 12.7. The first kappa shape index (κ1) is 30.5. The summed E-state index contributed by atoms with van der Waals surface area (Å²) in [5, 5.41) is 56.3. The summed E-state index contributed by atoms with van der Waals surface area (Å²) < 4.78 is 10.1. The molecule has 234 valence electrons. The Balaban J connectivity index is 1.28. The van der Waals surface area contributed by atoms with Gasteiger partial charge >= 0.3 is 12.1 Å². The summed E-state index contributed by atoms with van der Waals surface area (Å²) in [7, 11) is 0. The fourth-order valence-corrected chi connectivity index (χ4v) is 5.00. The second kappa shape index (κ2) is 13.2. The number of alkyl carbamates (subject to hydrolysis) is 1. The van der Waals surface area contributed by atoms with Gasteiger partial charge in [-0.25, -0.2) is 14.6 Å². The van der Waals surface area contributed by atoms with Crippen LogP contribution in [0, 0.1) is 0 Å². The number of aliphatic hydroxyl groups excluding tert-OH is 3. The average molecular weight is 614 g/mol. The number of carbonyl (C=O) groups excluding carboxylic acids is 2. The Morgan fingerprint density at radius 1 is 1.02 bits per heavy atom. The van der Waals surface area contributed by atoms with Crippen molar-refractivity contribution in [1.29, 1.82) is 0 Å². The second-order valence-corrected chi connectivity index (χ2v) is 10.2. The minimum absolute atomic E-state index is 0.0399. The Morgan fingerprint density at radius 3 is 2.45 bits per heavy atom. The number of rotatable bonds is 9. The zero-order valence-electron chi connectivity index (χ0n) is 23.1. The van der Waals surface area contributed by atoms with Gasteiger partial charge < -0.3 is 51.6 Å². The number of carboxylic acid groups (broad SMARTS) is 1. The van der Waals surface area contributed by atoms with Crippen LogP contribution in [0.2, 0.25) is 0 Å². The normalized spacial score (nSPS) is 26.8. The van der Waals surface area contributed by atoms with E-state index < -0.39 is 60.8 Å². The van der Waals surface area contributed by atoms with Gasteiger partial charge in [-0.1, -0.05) is 18.9 Å². The molecule has 44 heavy (non-hydrogen) atoms. The predicted molar refractivity (Wildman–Crippen MR) is 149 cm³/mol. The van der Waals surface area contributed by atoms with Gasteiger partial charge in [0.15, 0.2) is 6.10 Å². The summed E-state index contributed by atoms with van der Waals surface area (Å²) in [6.45, 7) is 0. The standard InChI is InChI=1S/C26H31N9O9/c27-21(39)14-11-28-25(34-22(14)31-12-4-3-5-13(10-12)35-29-8-9-30-35)32-15-6-1-2-7-16(15)33-26(42)44-24-19(38)17(36)18(37)20(43-24)23(40)41/h3-5,8-11,15-20,24,36-38H,1-2,6-7H2,(H2,27,39)(H,33,42)(H,40,41)(H2,28,31,32,34)/t15?,16?,17-,18-,19+,20?,24-/m0/s1. The van der Waals surface area contributed by atoms with E-state index in [2.05, 4.69) is 36.1 Å². The molecular weight excluding hydrogens is 582 g/mol. The quantitative estimate of drug-likeness (QED) is 0.147. The molecule has 18 nitrogen and oxygen atoms in total. The van der Waals surface area contributed by atoms with E-state index in [4.69, 9.17) is 15.2 Å². The number of benzene rings is 1. The highest BCUT2D eigenvalue weighted by molar-refractivity contribution is 5.98. The molecule has 2 aliphatic rings. The minimum Gasteiger partial charge on any atom is -0.479 e. The first-order valence-corrected chi connectivity index (χ1v) is 13.7. The molecule has 1 aliphatic heterocycles. The van der Waals surface area contributed by atoms with Crippen molar-refractivity contribution >= 4 is 35.4 Å². The molecule has 3 unspecified atom stereocenters. The van der Waals surface area contributed by atoms with Gasteiger partial charge in [-0.2, -0.15) is 20.0 Å². The van der Waals surface area contributed by atoms with Gasteiger partial charge in [0, 0.05) is 17.9 Å². The van der Waals surface area contributed by atoms with Crippen LogP contribution in [-0.4, -0.2) is 106 Å². The number of hydrogen-bond donors (Lipinski definition) is 8. The minimum atomic E-state index is -1.92. The Labute approximate surface area is 249 Å². The third-order valence-electron chi connectivity index (χ3n) is 7.23. The number of aromatic nitrogens is 5. The number of carboxylic acids is 1. The number of ether oxygens (including phenoxy) is 2. The van der Waals surface area contributed by atoms with Gasteiger partial charge in [0.1, 0.15) is 29.7 Å². The summed E-state index contributed by atoms with van der Waals surface area (Å²) in [4.78, 5) is 46.3. The molecule has 1 aliphatic carbocycles. The number of nitrogens with zero attached hydrogens (tertiary/aromatic N) is 5. The number of nitrogens with two attached hydrogens (primary N) is 1. The van der Waals surface area contributed by atoms with E-state index in [1.54, 1.807) is 24.3 Å². The summed E-state index contributed by atoms with van der Waals surface area (Å²) >= 11 is 0. The predicted octanol–water partition coefficient (Wildman–Crippen LogP) is -0.759. The first-order valence-electron chi connectivity index (χ1n) is 13.7. The maximum Gasteiger partial charge on any atom is 0.409 e. The molecule has 2 amide bonds. The number of hydrogen-bond acceptors (Lipinski definition) is 14. The number of aliphatic hydroxyl groups is 3. The van der Waals surface area contributed by atoms with E-state index in [-0.39, 0.29) is 17.3 Å². The van der Waals surface area contributed by atoms with E-state index in [0.29, 0.717) is 24.2 Å². The van der Waals surface area contributed by atoms with Crippen molar-refractivity contribution in [3.63, 3.8) is 0 Å². The lowest BCUT2D eigenvalue weighted by molar-refractivity contribution is -0.278. The monoisotopic (exact) mass is 613 g/mol. The van der Waals surface area contributed by atoms with Crippen molar-refractivity contribution in [2.45, 2.75) is 68.5 Å².